The van der Waals surface area contributed by atoms with Crippen LogP contribution in [0, 0.1) is 0 Å². The molecule has 134 valence electrons. The third-order valence-corrected chi connectivity index (χ3v) is 5.21. The number of carbonyl (C=O) groups is 1. The van der Waals surface area contributed by atoms with Crippen molar-refractivity contribution in [2.75, 3.05) is 13.7 Å². The first-order valence-electron chi connectivity index (χ1n) is 8.17. The molecule has 2 aromatic heterocycles. The molecule has 0 saturated heterocycles. The van der Waals surface area contributed by atoms with Gasteiger partial charge in [-0.15, -0.1) is 0 Å². The minimum atomic E-state index is -0.515. The van der Waals surface area contributed by atoms with Gasteiger partial charge in [-0.3, -0.25) is 4.57 Å². The SMILES string of the molecule is COC(=O)c1ccc(CSc2nc(=O)n(CCO)c3c2CCCC3)o1. The monoisotopic (exact) mass is 364 g/mol. The highest BCUT2D eigenvalue weighted by Crippen LogP contribution is 2.30. The van der Waals surface area contributed by atoms with Gasteiger partial charge in [0, 0.05) is 11.3 Å². The Morgan fingerprint density at radius 3 is 2.96 bits per heavy atom. The van der Waals surface area contributed by atoms with Crippen LogP contribution in [-0.4, -0.2) is 34.3 Å². The van der Waals surface area contributed by atoms with Gasteiger partial charge in [0.05, 0.1) is 26.0 Å². The molecule has 0 radical (unpaired) electrons. The summed E-state index contributed by atoms with van der Waals surface area (Å²) in [5, 5.41) is 9.90. The second-order valence-corrected chi connectivity index (χ2v) is 6.72. The van der Waals surface area contributed by atoms with Crippen molar-refractivity contribution >= 4 is 17.7 Å². The van der Waals surface area contributed by atoms with Crippen molar-refractivity contribution in [3.8, 4) is 0 Å². The summed E-state index contributed by atoms with van der Waals surface area (Å²) < 4.78 is 11.7. The quantitative estimate of drug-likeness (QED) is 0.474. The number of thioether (sulfide) groups is 1. The summed E-state index contributed by atoms with van der Waals surface area (Å²) in [6.45, 7) is 0.197. The average molecular weight is 364 g/mol. The zero-order chi connectivity index (χ0) is 17.8. The molecule has 0 unspecified atom stereocenters. The maximum absolute atomic E-state index is 12.3. The van der Waals surface area contributed by atoms with E-state index in [4.69, 9.17) is 4.42 Å². The Labute approximate surface area is 149 Å². The first-order chi connectivity index (χ1) is 12.1. The minimum absolute atomic E-state index is 0.0801. The first kappa shape index (κ1) is 17.8. The fourth-order valence-electron chi connectivity index (χ4n) is 3.00. The number of furan rings is 1. The van der Waals surface area contributed by atoms with Crippen molar-refractivity contribution in [2.24, 2.45) is 0 Å². The summed E-state index contributed by atoms with van der Waals surface area (Å²) in [5.74, 6) is 0.737. The number of methoxy groups -OCH3 is 1. The molecule has 0 bridgehead atoms. The molecule has 0 fully saturated rings. The van der Waals surface area contributed by atoms with Crippen molar-refractivity contribution in [3.05, 3.63) is 45.4 Å². The van der Waals surface area contributed by atoms with Crippen LogP contribution in [0.2, 0.25) is 0 Å². The lowest BCUT2D eigenvalue weighted by molar-refractivity contribution is 0.0563. The van der Waals surface area contributed by atoms with E-state index in [0.717, 1.165) is 36.9 Å². The Hall–Kier alpha value is -2.06. The van der Waals surface area contributed by atoms with E-state index in [2.05, 4.69) is 9.72 Å². The number of aliphatic hydroxyl groups is 1. The number of nitrogens with zero attached hydrogens (tertiary/aromatic N) is 2. The number of aromatic nitrogens is 2. The molecule has 0 atom stereocenters. The van der Waals surface area contributed by atoms with Gasteiger partial charge in [0.25, 0.3) is 0 Å². The molecule has 3 rings (SSSR count). The van der Waals surface area contributed by atoms with Crippen molar-refractivity contribution in [1.29, 1.82) is 0 Å². The largest absolute Gasteiger partial charge is 0.463 e. The van der Waals surface area contributed by atoms with E-state index in [0.29, 0.717) is 16.5 Å². The number of carbonyl (C=O) groups excluding carboxylic acids is 1. The Morgan fingerprint density at radius 2 is 2.20 bits per heavy atom. The molecule has 8 heteroatoms. The van der Waals surface area contributed by atoms with Crippen molar-refractivity contribution < 1.29 is 19.1 Å². The average Bonchev–Trinajstić information content (AvgIpc) is 3.11. The topological polar surface area (TPSA) is 94.6 Å². The molecular weight excluding hydrogens is 344 g/mol. The Kier molecular flexibility index (Phi) is 5.60. The molecule has 1 aliphatic rings. The summed E-state index contributed by atoms with van der Waals surface area (Å²) >= 11 is 1.43. The summed E-state index contributed by atoms with van der Waals surface area (Å²) in [4.78, 5) is 27.9. The normalized spacial score (nSPS) is 13.5. The standard InChI is InChI=1S/C17H20N2O5S/c1-23-16(21)14-7-6-11(24-14)10-25-15-12-4-2-3-5-13(12)19(8-9-20)17(22)18-15/h6-7,20H,2-5,8-10H2,1H3. The van der Waals surface area contributed by atoms with Gasteiger partial charge in [0.2, 0.25) is 5.76 Å². The van der Waals surface area contributed by atoms with Crippen LogP contribution in [0.25, 0.3) is 0 Å². The van der Waals surface area contributed by atoms with Crippen LogP contribution in [-0.2, 0) is 29.9 Å². The van der Waals surface area contributed by atoms with E-state index in [1.165, 1.54) is 18.9 Å². The molecule has 1 N–H and O–H groups in total. The van der Waals surface area contributed by atoms with Crippen LogP contribution in [0.1, 0.15) is 40.4 Å². The van der Waals surface area contributed by atoms with Crippen molar-refractivity contribution in [2.45, 2.75) is 43.0 Å². The highest BCUT2D eigenvalue weighted by Gasteiger charge is 2.21. The number of ether oxygens (including phenoxy) is 1. The molecule has 7 nitrogen and oxygen atoms in total. The molecule has 0 aliphatic heterocycles. The predicted molar refractivity (Wildman–Crippen MR) is 91.8 cm³/mol. The lowest BCUT2D eigenvalue weighted by atomic mass is 9.97. The number of rotatable bonds is 6. The number of hydrogen-bond donors (Lipinski definition) is 1. The van der Waals surface area contributed by atoms with Crippen LogP contribution in [0.4, 0.5) is 0 Å². The molecule has 0 amide bonds. The second-order valence-electron chi connectivity index (χ2n) is 5.75. The van der Waals surface area contributed by atoms with Crippen LogP contribution in [0.15, 0.2) is 26.4 Å². The molecule has 0 aromatic carbocycles. The molecule has 0 saturated carbocycles. The van der Waals surface area contributed by atoms with Crippen LogP contribution in [0.3, 0.4) is 0 Å². The van der Waals surface area contributed by atoms with Gasteiger partial charge in [-0.25, -0.2) is 9.59 Å². The van der Waals surface area contributed by atoms with E-state index < -0.39 is 5.97 Å². The van der Waals surface area contributed by atoms with Gasteiger partial charge >= 0.3 is 11.7 Å². The summed E-state index contributed by atoms with van der Waals surface area (Å²) in [6.07, 6.45) is 3.80. The van der Waals surface area contributed by atoms with Crippen molar-refractivity contribution in [1.82, 2.24) is 9.55 Å². The summed E-state index contributed by atoms with van der Waals surface area (Å²) in [5.41, 5.74) is 1.74. The lowest BCUT2D eigenvalue weighted by Crippen LogP contribution is -2.31. The maximum atomic E-state index is 12.3. The smallest absolute Gasteiger partial charge is 0.373 e. The minimum Gasteiger partial charge on any atom is -0.463 e. The van der Waals surface area contributed by atoms with Gasteiger partial charge in [-0.1, -0.05) is 11.8 Å². The second kappa shape index (κ2) is 7.88. The third-order valence-electron chi connectivity index (χ3n) is 4.17. The van der Waals surface area contributed by atoms with Gasteiger partial charge in [0.1, 0.15) is 10.8 Å². The summed E-state index contributed by atoms with van der Waals surface area (Å²) in [6, 6.07) is 3.29. The number of hydrogen-bond acceptors (Lipinski definition) is 7. The first-order valence-corrected chi connectivity index (χ1v) is 9.16. The van der Waals surface area contributed by atoms with Gasteiger partial charge < -0.3 is 14.3 Å². The predicted octanol–water partition coefficient (Wildman–Crippen LogP) is 1.79. The highest BCUT2D eigenvalue weighted by molar-refractivity contribution is 7.98. The van der Waals surface area contributed by atoms with Crippen LogP contribution >= 0.6 is 11.8 Å². The number of aliphatic hydroxyl groups excluding tert-OH is 1. The lowest BCUT2D eigenvalue weighted by Gasteiger charge is -2.22. The fourth-order valence-corrected chi connectivity index (χ4v) is 3.97. The van der Waals surface area contributed by atoms with E-state index in [-0.39, 0.29) is 24.6 Å². The van der Waals surface area contributed by atoms with E-state index in [9.17, 15) is 14.7 Å². The van der Waals surface area contributed by atoms with E-state index in [1.54, 1.807) is 16.7 Å². The molecule has 25 heavy (non-hydrogen) atoms. The maximum Gasteiger partial charge on any atom is 0.373 e. The Balaban J connectivity index is 1.83. The fraction of sp³-hybridized carbons (Fsp3) is 0.471. The molecule has 1 aliphatic carbocycles. The Bertz CT molecular complexity index is 827. The van der Waals surface area contributed by atoms with Gasteiger partial charge in [-0.05, 0) is 37.8 Å². The van der Waals surface area contributed by atoms with E-state index in [1.807, 2.05) is 0 Å². The van der Waals surface area contributed by atoms with Crippen LogP contribution in [0.5, 0.6) is 0 Å². The van der Waals surface area contributed by atoms with E-state index >= 15 is 0 Å². The molecule has 2 heterocycles. The van der Waals surface area contributed by atoms with Crippen LogP contribution < -0.4 is 5.69 Å². The third kappa shape index (κ3) is 3.80. The zero-order valence-corrected chi connectivity index (χ0v) is 14.8. The molecule has 0 spiro atoms. The Morgan fingerprint density at radius 1 is 1.40 bits per heavy atom. The number of esters is 1. The van der Waals surface area contributed by atoms with Gasteiger partial charge in [-0.2, -0.15) is 4.98 Å². The van der Waals surface area contributed by atoms with Gasteiger partial charge in [0.15, 0.2) is 0 Å². The number of fused-ring (bicyclic) bond motifs is 1. The highest BCUT2D eigenvalue weighted by atomic mass is 32.2. The zero-order valence-electron chi connectivity index (χ0n) is 14.0. The summed E-state index contributed by atoms with van der Waals surface area (Å²) in [7, 11) is 1.30. The van der Waals surface area contributed by atoms with Crippen molar-refractivity contribution in [3.63, 3.8) is 0 Å². The molecule has 2 aromatic rings. The molecular formula is C17H20N2O5S.